The van der Waals surface area contributed by atoms with E-state index in [0.717, 1.165) is 18.5 Å². The van der Waals surface area contributed by atoms with Gasteiger partial charge in [0.2, 0.25) is 0 Å². The van der Waals surface area contributed by atoms with Gasteiger partial charge in [-0.2, -0.15) is 0 Å². The van der Waals surface area contributed by atoms with Crippen LogP contribution in [0.3, 0.4) is 0 Å². The number of amides is 1. The van der Waals surface area contributed by atoms with E-state index in [1.165, 1.54) is 0 Å². The first-order chi connectivity index (χ1) is 11.9. The molecule has 0 aliphatic carbocycles. The van der Waals surface area contributed by atoms with Crippen LogP contribution in [0.15, 0.2) is 18.2 Å². The minimum atomic E-state index is -1.33. The highest BCUT2D eigenvalue weighted by molar-refractivity contribution is 5.86. The third kappa shape index (κ3) is 4.64. The van der Waals surface area contributed by atoms with E-state index in [1.54, 1.807) is 19.1 Å². The average Bonchev–Trinajstić information content (AvgIpc) is 2.58. The number of rotatable bonds is 8. The monoisotopic (exact) mass is 350 g/mol. The predicted octanol–water partition coefficient (Wildman–Crippen LogP) is 1.80. The van der Waals surface area contributed by atoms with E-state index in [-0.39, 0.29) is 12.5 Å². The largest absolute Gasteiger partial charge is 0.493 e. The molecule has 0 bridgehead atoms. The highest BCUT2D eigenvalue weighted by Crippen LogP contribution is 2.33. The number of nitrogens with one attached hydrogen (secondary N) is 1. The molecule has 140 valence electrons. The summed E-state index contributed by atoms with van der Waals surface area (Å²) in [5, 5.41) is 14.0. The molecule has 0 saturated carbocycles. The molecule has 0 spiro atoms. The van der Waals surface area contributed by atoms with Crippen molar-refractivity contribution in [1.82, 2.24) is 10.2 Å². The highest BCUT2D eigenvalue weighted by atomic mass is 16.5. The van der Waals surface area contributed by atoms with Crippen molar-refractivity contribution in [2.75, 3.05) is 33.9 Å². The number of carbonyl (C=O) groups is 1. The van der Waals surface area contributed by atoms with Gasteiger partial charge in [0.15, 0.2) is 17.1 Å². The maximum absolute atomic E-state index is 12.8. The maximum atomic E-state index is 12.8. The fourth-order valence-corrected chi connectivity index (χ4v) is 3.23. The lowest BCUT2D eigenvalue weighted by Crippen LogP contribution is -2.57. The van der Waals surface area contributed by atoms with E-state index >= 15 is 0 Å². The van der Waals surface area contributed by atoms with Gasteiger partial charge < -0.3 is 24.8 Å². The van der Waals surface area contributed by atoms with Crippen molar-refractivity contribution in [3.05, 3.63) is 23.8 Å². The van der Waals surface area contributed by atoms with Gasteiger partial charge in [0.25, 0.3) is 5.91 Å². The average molecular weight is 350 g/mol. The van der Waals surface area contributed by atoms with Gasteiger partial charge in [-0.25, -0.2) is 0 Å². The summed E-state index contributed by atoms with van der Waals surface area (Å²) < 4.78 is 10.8. The van der Waals surface area contributed by atoms with Crippen molar-refractivity contribution in [2.45, 2.75) is 38.8 Å². The van der Waals surface area contributed by atoms with Crippen LogP contribution in [0, 0.1) is 5.92 Å². The third-order valence-corrected chi connectivity index (χ3v) is 4.52. The van der Waals surface area contributed by atoms with E-state index in [9.17, 15) is 9.90 Å². The Kier molecular flexibility index (Phi) is 6.67. The van der Waals surface area contributed by atoms with Crippen LogP contribution in [-0.2, 0) is 11.3 Å². The van der Waals surface area contributed by atoms with Crippen LogP contribution in [0.5, 0.6) is 11.5 Å². The molecule has 1 amide bonds. The summed E-state index contributed by atoms with van der Waals surface area (Å²) in [6.07, 6.45) is 1.26. The molecule has 1 unspecified atom stereocenters. The molecule has 0 radical (unpaired) electrons. The van der Waals surface area contributed by atoms with Crippen LogP contribution < -0.4 is 14.8 Å². The summed E-state index contributed by atoms with van der Waals surface area (Å²) in [5.41, 5.74) is -0.464. The number of ether oxygens (including phenoxy) is 2. The van der Waals surface area contributed by atoms with Gasteiger partial charge >= 0.3 is 0 Å². The standard InChI is InChI=1S/C19H30N2O4/c1-14(2)11-20-13-19(23)9-6-10-21(18(19)22)12-15-7-5-8-16(24-3)17(15)25-4/h5,7-8,14,20,23H,6,9-13H2,1-4H3. The number of aliphatic hydroxyl groups is 1. The van der Waals surface area contributed by atoms with Crippen LogP contribution in [0.25, 0.3) is 0 Å². The molecule has 0 aromatic heterocycles. The van der Waals surface area contributed by atoms with E-state index in [4.69, 9.17) is 9.47 Å². The molecule has 2 rings (SSSR count). The second-order valence-corrected chi connectivity index (χ2v) is 7.04. The zero-order chi connectivity index (χ0) is 18.4. The Labute approximate surface area is 150 Å². The topological polar surface area (TPSA) is 71.0 Å². The second-order valence-electron chi connectivity index (χ2n) is 7.04. The highest BCUT2D eigenvalue weighted by Gasteiger charge is 2.42. The van der Waals surface area contributed by atoms with Crippen LogP contribution in [0.4, 0.5) is 0 Å². The van der Waals surface area contributed by atoms with Gasteiger partial charge in [-0.1, -0.05) is 26.0 Å². The lowest BCUT2D eigenvalue weighted by Gasteiger charge is -2.38. The minimum absolute atomic E-state index is 0.222. The number of hydrogen-bond acceptors (Lipinski definition) is 5. The molecule has 1 aliphatic rings. The number of piperidine rings is 1. The first kappa shape index (κ1) is 19.5. The first-order valence-electron chi connectivity index (χ1n) is 8.83. The Hall–Kier alpha value is -1.79. The lowest BCUT2D eigenvalue weighted by molar-refractivity contribution is -0.157. The Morgan fingerprint density at radius 3 is 2.72 bits per heavy atom. The Morgan fingerprint density at radius 2 is 2.08 bits per heavy atom. The molecule has 6 heteroatoms. The number of nitrogens with zero attached hydrogens (tertiary/aromatic N) is 1. The summed E-state index contributed by atoms with van der Waals surface area (Å²) in [5.74, 6) is 1.52. The number of carbonyl (C=O) groups excluding carboxylic acids is 1. The molecule has 1 aromatic carbocycles. The van der Waals surface area contributed by atoms with Crippen molar-refractivity contribution >= 4 is 5.91 Å². The molecule has 6 nitrogen and oxygen atoms in total. The third-order valence-electron chi connectivity index (χ3n) is 4.52. The number of hydrogen-bond donors (Lipinski definition) is 2. The Morgan fingerprint density at radius 1 is 1.32 bits per heavy atom. The zero-order valence-corrected chi connectivity index (χ0v) is 15.7. The van der Waals surface area contributed by atoms with E-state index in [0.29, 0.717) is 36.9 Å². The van der Waals surface area contributed by atoms with Crippen molar-refractivity contribution in [1.29, 1.82) is 0 Å². The Balaban J connectivity index is 2.11. The number of para-hydroxylation sites is 1. The minimum Gasteiger partial charge on any atom is -0.493 e. The normalized spacial score (nSPS) is 20.9. The van der Waals surface area contributed by atoms with E-state index in [1.807, 2.05) is 18.2 Å². The summed E-state index contributed by atoms with van der Waals surface area (Å²) in [6, 6.07) is 5.62. The molecule has 1 aliphatic heterocycles. The number of likely N-dealkylation sites (tertiary alicyclic amines) is 1. The zero-order valence-electron chi connectivity index (χ0n) is 15.7. The van der Waals surface area contributed by atoms with Gasteiger partial charge in [0.1, 0.15) is 0 Å². The summed E-state index contributed by atoms with van der Waals surface area (Å²) in [4.78, 5) is 14.6. The summed E-state index contributed by atoms with van der Waals surface area (Å²) in [7, 11) is 3.18. The van der Waals surface area contributed by atoms with Crippen molar-refractivity contribution in [3.8, 4) is 11.5 Å². The molecule has 1 saturated heterocycles. The fourth-order valence-electron chi connectivity index (χ4n) is 3.23. The second kappa shape index (κ2) is 8.54. The van der Waals surface area contributed by atoms with Gasteiger partial charge in [-0.15, -0.1) is 0 Å². The van der Waals surface area contributed by atoms with Gasteiger partial charge in [0.05, 0.1) is 14.2 Å². The molecular formula is C19H30N2O4. The first-order valence-corrected chi connectivity index (χ1v) is 8.83. The molecule has 25 heavy (non-hydrogen) atoms. The van der Waals surface area contributed by atoms with Crippen molar-refractivity contribution < 1.29 is 19.4 Å². The molecule has 1 aromatic rings. The molecule has 1 atom stereocenters. The van der Waals surface area contributed by atoms with E-state index in [2.05, 4.69) is 19.2 Å². The van der Waals surface area contributed by atoms with Crippen molar-refractivity contribution in [2.24, 2.45) is 5.92 Å². The fraction of sp³-hybridized carbons (Fsp3) is 0.632. The molecular weight excluding hydrogens is 320 g/mol. The quantitative estimate of drug-likeness (QED) is 0.748. The predicted molar refractivity (Wildman–Crippen MR) is 96.9 cm³/mol. The van der Waals surface area contributed by atoms with Gasteiger partial charge in [-0.05, 0) is 31.4 Å². The van der Waals surface area contributed by atoms with Crippen LogP contribution in [0.1, 0.15) is 32.3 Å². The Bertz CT molecular complexity index is 591. The van der Waals surface area contributed by atoms with Gasteiger partial charge in [-0.3, -0.25) is 4.79 Å². The summed E-state index contributed by atoms with van der Waals surface area (Å²) >= 11 is 0. The van der Waals surface area contributed by atoms with Crippen LogP contribution in [0.2, 0.25) is 0 Å². The van der Waals surface area contributed by atoms with Crippen LogP contribution >= 0.6 is 0 Å². The van der Waals surface area contributed by atoms with Gasteiger partial charge in [0, 0.05) is 25.2 Å². The SMILES string of the molecule is COc1cccc(CN2CCCC(O)(CNCC(C)C)C2=O)c1OC. The number of methoxy groups -OCH3 is 2. The maximum Gasteiger partial charge on any atom is 0.256 e. The van der Waals surface area contributed by atoms with Crippen molar-refractivity contribution in [3.63, 3.8) is 0 Å². The summed E-state index contributed by atoms with van der Waals surface area (Å²) in [6.45, 7) is 6.29. The smallest absolute Gasteiger partial charge is 0.256 e. The molecule has 2 N–H and O–H groups in total. The lowest BCUT2D eigenvalue weighted by atomic mass is 9.91. The van der Waals surface area contributed by atoms with Crippen LogP contribution in [-0.4, -0.2) is 55.4 Å². The number of benzene rings is 1. The molecule has 1 heterocycles. The van der Waals surface area contributed by atoms with E-state index < -0.39 is 5.60 Å². The molecule has 1 fully saturated rings.